The van der Waals surface area contributed by atoms with Crippen molar-refractivity contribution in [2.75, 3.05) is 19.7 Å². The lowest BCUT2D eigenvalue weighted by atomic mass is 9.85. The van der Waals surface area contributed by atoms with Crippen LogP contribution in [0.4, 0.5) is 13.2 Å². The zero-order valence-electron chi connectivity index (χ0n) is 16.8. The Bertz CT molecular complexity index is 890. The summed E-state index contributed by atoms with van der Waals surface area (Å²) in [4.78, 5) is 12.0. The maximum absolute atomic E-state index is 12.9. The lowest BCUT2D eigenvalue weighted by Gasteiger charge is -2.31. The summed E-state index contributed by atoms with van der Waals surface area (Å²) in [6, 6.07) is 3.73. The summed E-state index contributed by atoms with van der Waals surface area (Å²) >= 11 is 0. The van der Waals surface area contributed by atoms with Crippen molar-refractivity contribution in [3.8, 4) is 0 Å². The van der Waals surface area contributed by atoms with Crippen molar-refractivity contribution in [2.45, 2.75) is 43.7 Å². The lowest BCUT2D eigenvalue weighted by molar-refractivity contribution is -0.151. The molecule has 0 aromatic heterocycles. The van der Waals surface area contributed by atoms with Gasteiger partial charge in [-0.3, -0.25) is 4.79 Å². The molecular formula is C21H26F3NO4S. The quantitative estimate of drug-likeness (QED) is 0.502. The van der Waals surface area contributed by atoms with Crippen molar-refractivity contribution in [1.29, 1.82) is 0 Å². The molecule has 166 valence electrons. The number of esters is 1. The first-order valence-corrected chi connectivity index (χ1v) is 11.5. The first-order valence-electron chi connectivity index (χ1n) is 10.1. The van der Waals surface area contributed by atoms with Gasteiger partial charge in [-0.25, -0.2) is 8.42 Å². The molecule has 1 fully saturated rings. The van der Waals surface area contributed by atoms with E-state index in [0.29, 0.717) is 24.5 Å². The molecule has 30 heavy (non-hydrogen) atoms. The molecule has 1 saturated heterocycles. The highest BCUT2D eigenvalue weighted by molar-refractivity contribution is 7.89. The molecule has 9 heteroatoms. The number of halogens is 3. The van der Waals surface area contributed by atoms with E-state index in [9.17, 15) is 26.4 Å². The van der Waals surface area contributed by atoms with E-state index in [1.165, 1.54) is 0 Å². The van der Waals surface area contributed by atoms with Gasteiger partial charge in [-0.15, -0.1) is 0 Å². The van der Waals surface area contributed by atoms with Crippen LogP contribution in [0.2, 0.25) is 0 Å². The van der Waals surface area contributed by atoms with Gasteiger partial charge in [0.2, 0.25) is 10.0 Å². The van der Waals surface area contributed by atoms with Gasteiger partial charge in [0.15, 0.2) is 0 Å². The lowest BCUT2D eigenvalue weighted by Crippen LogP contribution is -2.41. The van der Waals surface area contributed by atoms with Crippen molar-refractivity contribution in [3.05, 3.63) is 42.0 Å². The van der Waals surface area contributed by atoms with Crippen LogP contribution in [0.3, 0.4) is 0 Å². The van der Waals surface area contributed by atoms with Crippen LogP contribution in [0, 0.1) is 17.8 Å². The van der Waals surface area contributed by atoms with E-state index in [0.717, 1.165) is 35.3 Å². The van der Waals surface area contributed by atoms with Crippen molar-refractivity contribution in [2.24, 2.45) is 17.8 Å². The number of carbonyl (C=O) groups is 1. The molecule has 0 radical (unpaired) electrons. The minimum absolute atomic E-state index is 0.0704. The van der Waals surface area contributed by atoms with Crippen molar-refractivity contribution >= 4 is 16.0 Å². The monoisotopic (exact) mass is 445 g/mol. The number of benzene rings is 1. The first kappa shape index (κ1) is 22.8. The molecule has 0 N–H and O–H groups in total. The normalized spacial score (nSPS) is 24.0. The van der Waals surface area contributed by atoms with Gasteiger partial charge in [-0.1, -0.05) is 25.1 Å². The molecule has 2 atom stereocenters. The van der Waals surface area contributed by atoms with Crippen LogP contribution in [0.25, 0.3) is 0 Å². The molecule has 2 unspecified atom stereocenters. The second-order valence-corrected chi connectivity index (χ2v) is 9.95. The minimum Gasteiger partial charge on any atom is -0.465 e. The van der Waals surface area contributed by atoms with E-state index in [2.05, 4.69) is 19.1 Å². The van der Waals surface area contributed by atoms with Crippen molar-refractivity contribution in [3.63, 3.8) is 0 Å². The molecule has 0 spiro atoms. The summed E-state index contributed by atoms with van der Waals surface area (Å²) in [6.45, 7) is 2.62. The third-order valence-electron chi connectivity index (χ3n) is 5.94. The highest BCUT2D eigenvalue weighted by atomic mass is 32.2. The van der Waals surface area contributed by atoms with Gasteiger partial charge in [0.05, 0.1) is 23.0 Å². The number of carbonyl (C=O) groups excluding carboxylic acids is 1. The third kappa shape index (κ3) is 5.24. The van der Waals surface area contributed by atoms with E-state index in [4.69, 9.17) is 4.74 Å². The summed E-state index contributed by atoms with van der Waals surface area (Å²) in [5, 5.41) is 0. The molecular weight excluding hydrogens is 419 g/mol. The average Bonchev–Trinajstić information content (AvgIpc) is 2.72. The maximum atomic E-state index is 12.9. The SMILES string of the molecule is CC1CC=CCC1COC(=O)C1CCN(S(=O)(=O)c2cccc(C(F)(F)F)c2)CC1. The zero-order chi connectivity index (χ0) is 21.9. The summed E-state index contributed by atoms with van der Waals surface area (Å²) in [7, 11) is -4.06. The van der Waals surface area contributed by atoms with Crippen LogP contribution in [-0.4, -0.2) is 38.4 Å². The number of hydrogen-bond donors (Lipinski definition) is 0. The maximum Gasteiger partial charge on any atom is 0.416 e. The molecule has 1 aromatic rings. The van der Waals surface area contributed by atoms with Gasteiger partial charge in [0, 0.05) is 13.1 Å². The number of hydrogen-bond acceptors (Lipinski definition) is 4. The van der Waals surface area contributed by atoms with Gasteiger partial charge in [0.1, 0.15) is 0 Å². The van der Waals surface area contributed by atoms with Crippen molar-refractivity contribution in [1.82, 2.24) is 4.31 Å². The number of rotatable bonds is 5. The van der Waals surface area contributed by atoms with Gasteiger partial charge in [-0.05, 0) is 55.7 Å². The Morgan fingerprint density at radius 1 is 1.17 bits per heavy atom. The molecule has 1 aliphatic heterocycles. The van der Waals surface area contributed by atoms with E-state index in [1.807, 2.05) is 0 Å². The van der Waals surface area contributed by atoms with Crippen molar-refractivity contribution < 1.29 is 31.1 Å². The molecule has 1 aliphatic carbocycles. The fraction of sp³-hybridized carbons (Fsp3) is 0.571. The number of allylic oxidation sites excluding steroid dienone is 2. The second kappa shape index (κ2) is 9.09. The van der Waals surface area contributed by atoms with E-state index < -0.39 is 32.6 Å². The highest BCUT2D eigenvalue weighted by Gasteiger charge is 2.35. The number of piperidine rings is 1. The smallest absolute Gasteiger partial charge is 0.416 e. The fourth-order valence-electron chi connectivity index (χ4n) is 3.86. The molecule has 0 saturated carbocycles. The van der Waals surface area contributed by atoms with Crippen LogP contribution in [0.1, 0.15) is 38.2 Å². The number of sulfonamides is 1. The highest BCUT2D eigenvalue weighted by Crippen LogP contribution is 2.32. The van der Waals surface area contributed by atoms with Gasteiger partial charge >= 0.3 is 12.1 Å². The number of nitrogens with zero attached hydrogens (tertiary/aromatic N) is 1. The van der Waals surface area contributed by atoms with E-state index in [-0.39, 0.29) is 31.9 Å². The largest absolute Gasteiger partial charge is 0.465 e. The molecule has 1 heterocycles. The molecule has 3 rings (SSSR count). The van der Waals surface area contributed by atoms with Crippen LogP contribution in [0.5, 0.6) is 0 Å². The molecule has 5 nitrogen and oxygen atoms in total. The predicted octanol–water partition coefficient (Wildman–Crippen LogP) is 4.25. The summed E-state index contributed by atoms with van der Waals surface area (Å²) < 4.78 is 70.8. The van der Waals surface area contributed by atoms with E-state index in [1.54, 1.807) is 0 Å². The van der Waals surface area contributed by atoms with Gasteiger partial charge in [0.25, 0.3) is 0 Å². The van der Waals surface area contributed by atoms with E-state index >= 15 is 0 Å². The van der Waals surface area contributed by atoms with Gasteiger partial charge in [-0.2, -0.15) is 17.5 Å². The Balaban J connectivity index is 1.57. The zero-order valence-corrected chi connectivity index (χ0v) is 17.6. The van der Waals surface area contributed by atoms with Crippen LogP contribution >= 0.6 is 0 Å². The minimum atomic E-state index is -4.62. The Labute approximate surface area is 174 Å². The van der Waals surface area contributed by atoms with Gasteiger partial charge < -0.3 is 4.74 Å². The molecule has 0 amide bonds. The molecule has 2 aliphatic rings. The second-order valence-electron chi connectivity index (χ2n) is 8.01. The predicted molar refractivity (Wildman–Crippen MR) is 105 cm³/mol. The first-order chi connectivity index (χ1) is 14.1. The summed E-state index contributed by atoms with van der Waals surface area (Å²) in [5.41, 5.74) is -1.01. The third-order valence-corrected chi connectivity index (χ3v) is 7.84. The fourth-order valence-corrected chi connectivity index (χ4v) is 5.38. The molecule has 1 aromatic carbocycles. The Hall–Kier alpha value is -1.87. The van der Waals surface area contributed by atoms with Crippen LogP contribution in [-0.2, 0) is 25.7 Å². The molecule has 0 bridgehead atoms. The topological polar surface area (TPSA) is 63.7 Å². The van der Waals surface area contributed by atoms with Crippen LogP contribution < -0.4 is 0 Å². The Morgan fingerprint density at radius 3 is 2.47 bits per heavy atom. The summed E-state index contributed by atoms with van der Waals surface area (Å²) in [6.07, 6.45) is 2.03. The summed E-state index contributed by atoms with van der Waals surface area (Å²) in [5.74, 6) is 0.0165. The average molecular weight is 446 g/mol. The number of alkyl halides is 3. The standard InChI is InChI=1S/C21H26F3NO4S/c1-15-5-2-3-6-17(15)14-29-20(26)16-9-11-25(12-10-16)30(27,28)19-8-4-7-18(13-19)21(22,23)24/h2-4,7-8,13,15-17H,5-6,9-12,14H2,1H3. The van der Waals surface area contributed by atoms with Crippen LogP contribution in [0.15, 0.2) is 41.3 Å². The Kier molecular flexibility index (Phi) is 6.91. The Morgan fingerprint density at radius 2 is 1.83 bits per heavy atom. The number of ether oxygens (including phenoxy) is 1.